The highest BCUT2D eigenvalue weighted by molar-refractivity contribution is 6.32. The summed E-state index contributed by atoms with van der Waals surface area (Å²) in [5, 5.41) is 4.87. The maximum atomic E-state index is 5.94. The number of nitrogens with zero attached hydrogens (tertiary/aromatic N) is 2. The topological polar surface area (TPSA) is 43.8 Å². The molecule has 0 bridgehead atoms. The molecular weight excluding hydrogens is 222 g/mol. The Bertz CT molecular complexity index is 359. The lowest BCUT2D eigenvalue weighted by atomic mass is 9.79. The summed E-state index contributed by atoms with van der Waals surface area (Å²) in [6, 6.07) is 0.439. The van der Waals surface area contributed by atoms with Gasteiger partial charge in [-0.15, -0.1) is 0 Å². The second-order valence-electron chi connectivity index (χ2n) is 5.15. The van der Waals surface area contributed by atoms with Crippen LogP contribution < -0.4 is 5.73 Å². The minimum absolute atomic E-state index is 0.439. The second-order valence-corrected chi connectivity index (χ2v) is 5.55. The molecule has 1 heterocycles. The maximum absolute atomic E-state index is 5.94. The largest absolute Gasteiger partial charge is 0.383 e. The molecule has 1 saturated carbocycles. The Morgan fingerprint density at radius 2 is 2.25 bits per heavy atom. The Balaban J connectivity index is 2.13. The summed E-state index contributed by atoms with van der Waals surface area (Å²) in [6.45, 7) is 4.60. The minimum atomic E-state index is 0.439. The van der Waals surface area contributed by atoms with Gasteiger partial charge in [0.15, 0.2) is 0 Å². The van der Waals surface area contributed by atoms with Crippen molar-refractivity contribution in [2.24, 2.45) is 11.8 Å². The van der Waals surface area contributed by atoms with Crippen molar-refractivity contribution in [3.05, 3.63) is 11.2 Å². The first kappa shape index (κ1) is 11.8. The number of halogens is 1. The molecule has 2 rings (SSSR count). The van der Waals surface area contributed by atoms with Crippen molar-refractivity contribution in [2.45, 2.75) is 45.6 Å². The van der Waals surface area contributed by atoms with E-state index >= 15 is 0 Å². The molecule has 1 aromatic heterocycles. The lowest BCUT2D eigenvalue weighted by Gasteiger charge is -2.32. The average Bonchev–Trinajstić information content (AvgIpc) is 2.60. The predicted octanol–water partition coefficient (Wildman–Crippen LogP) is 3.51. The fraction of sp³-hybridized carbons (Fsp3) is 0.750. The Labute approximate surface area is 102 Å². The average molecular weight is 242 g/mol. The summed E-state index contributed by atoms with van der Waals surface area (Å²) in [6.07, 6.45) is 6.61. The number of anilines is 1. The zero-order chi connectivity index (χ0) is 11.7. The van der Waals surface area contributed by atoms with Gasteiger partial charge in [0.2, 0.25) is 0 Å². The van der Waals surface area contributed by atoms with Gasteiger partial charge in [-0.25, -0.2) is 4.68 Å². The van der Waals surface area contributed by atoms with Gasteiger partial charge < -0.3 is 5.73 Å². The third kappa shape index (κ3) is 2.19. The van der Waals surface area contributed by atoms with Gasteiger partial charge in [-0.05, 0) is 24.7 Å². The minimum Gasteiger partial charge on any atom is -0.383 e. The van der Waals surface area contributed by atoms with Crippen LogP contribution >= 0.6 is 11.6 Å². The van der Waals surface area contributed by atoms with Gasteiger partial charge in [0.1, 0.15) is 10.8 Å². The Morgan fingerprint density at radius 3 is 2.81 bits per heavy atom. The van der Waals surface area contributed by atoms with Crippen LogP contribution in [0.4, 0.5) is 5.82 Å². The van der Waals surface area contributed by atoms with E-state index in [1.54, 1.807) is 6.20 Å². The molecule has 0 aliphatic heterocycles. The van der Waals surface area contributed by atoms with Crippen LogP contribution in [0.2, 0.25) is 5.02 Å². The van der Waals surface area contributed by atoms with Gasteiger partial charge in [-0.3, -0.25) is 0 Å². The van der Waals surface area contributed by atoms with E-state index in [0.29, 0.717) is 16.9 Å². The molecule has 0 radical (unpaired) electrons. The Kier molecular flexibility index (Phi) is 3.43. The number of aromatic nitrogens is 2. The second kappa shape index (κ2) is 4.66. The van der Waals surface area contributed by atoms with Gasteiger partial charge in [0.25, 0.3) is 0 Å². The number of rotatable bonds is 2. The van der Waals surface area contributed by atoms with Gasteiger partial charge in [0.05, 0.1) is 12.2 Å². The molecule has 90 valence electrons. The first-order valence-corrected chi connectivity index (χ1v) is 6.46. The van der Waals surface area contributed by atoms with E-state index < -0.39 is 0 Å². The fourth-order valence-corrected chi connectivity index (χ4v) is 2.80. The lowest BCUT2D eigenvalue weighted by molar-refractivity contribution is 0.208. The standard InChI is InChI=1S/C12H20ClN3/c1-8(2)9-4-3-5-10(6-9)16-12(14)11(13)7-15-16/h7-10H,3-6,14H2,1-2H3. The van der Waals surface area contributed by atoms with Crippen LogP contribution in [0.3, 0.4) is 0 Å². The van der Waals surface area contributed by atoms with Crippen LogP contribution in [0, 0.1) is 11.8 Å². The van der Waals surface area contributed by atoms with Crippen LogP contribution in [0.15, 0.2) is 6.20 Å². The first-order chi connectivity index (χ1) is 7.59. The normalized spacial score (nSPS) is 26.2. The summed E-state index contributed by atoms with van der Waals surface area (Å²) in [7, 11) is 0. The van der Waals surface area contributed by atoms with Crippen molar-refractivity contribution < 1.29 is 0 Å². The van der Waals surface area contributed by atoms with Crippen molar-refractivity contribution in [1.82, 2.24) is 9.78 Å². The van der Waals surface area contributed by atoms with E-state index in [1.807, 2.05) is 4.68 Å². The number of nitrogens with two attached hydrogens (primary N) is 1. The van der Waals surface area contributed by atoms with Crippen molar-refractivity contribution >= 4 is 17.4 Å². The lowest BCUT2D eigenvalue weighted by Crippen LogP contribution is -2.24. The molecule has 0 spiro atoms. The van der Waals surface area contributed by atoms with Crippen LogP contribution in [0.5, 0.6) is 0 Å². The summed E-state index contributed by atoms with van der Waals surface area (Å²) in [4.78, 5) is 0. The molecule has 2 N–H and O–H groups in total. The molecule has 0 aromatic carbocycles. The van der Waals surface area contributed by atoms with E-state index in [2.05, 4.69) is 18.9 Å². The van der Waals surface area contributed by atoms with Crippen molar-refractivity contribution in [3.8, 4) is 0 Å². The third-order valence-electron chi connectivity index (χ3n) is 3.76. The fourth-order valence-electron chi connectivity index (χ4n) is 2.67. The van der Waals surface area contributed by atoms with Crippen molar-refractivity contribution in [2.75, 3.05) is 5.73 Å². The molecule has 1 fully saturated rings. The molecule has 2 atom stereocenters. The van der Waals surface area contributed by atoms with Crippen LogP contribution in [-0.2, 0) is 0 Å². The maximum Gasteiger partial charge on any atom is 0.140 e. The smallest absolute Gasteiger partial charge is 0.140 e. The number of nitrogen functional groups attached to an aromatic ring is 1. The van der Waals surface area contributed by atoms with Crippen LogP contribution in [0.1, 0.15) is 45.6 Å². The summed E-state index contributed by atoms with van der Waals surface area (Å²) >= 11 is 5.94. The number of hydrogen-bond acceptors (Lipinski definition) is 2. The number of hydrogen-bond donors (Lipinski definition) is 1. The van der Waals surface area contributed by atoms with E-state index in [9.17, 15) is 0 Å². The summed E-state index contributed by atoms with van der Waals surface area (Å²) < 4.78 is 1.91. The van der Waals surface area contributed by atoms with E-state index in [0.717, 1.165) is 11.8 Å². The molecule has 1 aliphatic carbocycles. The molecule has 0 amide bonds. The van der Waals surface area contributed by atoms with Crippen molar-refractivity contribution in [3.63, 3.8) is 0 Å². The van der Waals surface area contributed by atoms with Gasteiger partial charge in [-0.1, -0.05) is 38.3 Å². The molecule has 0 saturated heterocycles. The molecule has 1 aromatic rings. The molecule has 16 heavy (non-hydrogen) atoms. The van der Waals surface area contributed by atoms with E-state index in [-0.39, 0.29) is 0 Å². The van der Waals surface area contributed by atoms with Crippen LogP contribution in [-0.4, -0.2) is 9.78 Å². The Morgan fingerprint density at radius 1 is 1.50 bits per heavy atom. The zero-order valence-electron chi connectivity index (χ0n) is 9.99. The summed E-state index contributed by atoms with van der Waals surface area (Å²) in [5.74, 6) is 2.16. The van der Waals surface area contributed by atoms with Crippen LogP contribution in [0.25, 0.3) is 0 Å². The van der Waals surface area contributed by atoms with E-state index in [4.69, 9.17) is 17.3 Å². The predicted molar refractivity (Wildman–Crippen MR) is 67.5 cm³/mol. The van der Waals surface area contributed by atoms with E-state index in [1.165, 1.54) is 25.7 Å². The SMILES string of the molecule is CC(C)C1CCCC(n2ncc(Cl)c2N)C1. The molecule has 2 unspecified atom stereocenters. The van der Waals surface area contributed by atoms with Gasteiger partial charge in [-0.2, -0.15) is 5.10 Å². The molecular formula is C12H20ClN3. The molecule has 4 heteroatoms. The first-order valence-electron chi connectivity index (χ1n) is 6.08. The highest BCUT2D eigenvalue weighted by atomic mass is 35.5. The van der Waals surface area contributed by atoms with Crippen molar-refractivity contribution in [1.29, 1.82) is 0 Å². The highest BCUT2D eigenvalue weighted by Gasteiger charge is 2.26. The van der Waals surface area contributed by atoms with Gasteiger partial charge in [0, 0.05) is 0 Å². The zero-order valence-corrected chi connectivity index (χ0v) is 10.7. The Hall–Kier alpha value is -0.700. The molecule has 1 aliphatic rings. The molecule has 3 nitrogen and oxygen atoms in total. The highest BCUT2D eigenvalue weighted by Crippen LogP contribution is 2.37. The monoisotopic (exact) mass is 241 g/mol. The third-order valence-corrected chi connectivity index (χ3v) is 4.05. The summed E-state index contributed by atoms with van der Waals surface area (Å²) in [5.41, 5.74) is 5.92. The quantitative estimate of drug-likeness (QED) is 0.861. The van der Waals surface area contributed by atoms with Gasteiger partial charge >= 0.3 is 0 Å².